The summed E-state index contributed by atoms with van der Waals surface area (Å²) in [5.41, 5.74) is 4.76. The SMILES string of the molecule is CN(C)CCc1c[nH]c2ccc(-c3cccc4c3OCO4)cc12. The van der Waals surface area contributed by atoms with E-state index in [0.29, 0.717) is 6.79 Å². The van der Waals surface area contributed by atoms with Crippen LogP contribution in [0.3, 0.4) is 0 Å². The minimum absolute atomic E-state index is 0.298. The number of para-hydroxylation sites is 1. The zero-order chi connectivity index (χ0) is 15.8. The maximum atomic E-state index is 5.65. The third-order valence-corrected chi connectivity index (χ3v) is 4.30. The van der Waals surface area contributed by atoms with E-state index in [1.165, 1.54) is 16.5 Å². The Morgan fingerprint density at radius 3 is 2.91 bits per heavy atom. The van der Waals surface area contributed by atoms with Crippen LogP contribution in [0, 0.1) is 0 Å². The molecular weight excluding hydrogens is 288 g/mol. The van der Waals surface area contributed by atoms with E-state index in [-0.39, 0.29) is 0 Å². The maximum Gasteiger partial charge on any atom is 0.231 e. The van der Waals surface area contributed by atoms with Crippen LogP contribution < -0.4 is 9.47 Å². The highest BCUT2D eigenvalue weighted by Crippen LogP contribution is 2.41. The van der Waals surface area contributed by atoms with Crippen LogP contribution in [0.25, 0.3) is 22.0 Å². The zero-order valence-corrected chi connectivity index (χ0v) is 13.4. The number of fused-ring (bicyclic) bond motifs is 2. The molecule has 0 saturated carbocycles. The van der Waals surface area contributed by atoms with Crippen molar-refractivity contribution >= 4 is 10.9 Å². The number of H-pyrrole nitrogens is 1. The summed E-state index contributed by atoms with van der Waals surface area (Å²) >= 11 is 0. The molecule has 0 aliphatic carbocycles. The Hall–Kier alpha value is -2.46. The van der Waals surface area contributed by atoms with Crippen LogP contribution in [-0.2, 0) is 6.42 Å². The molecule has 3 aromatic rings. The smallest absolute Gasteiger partial charge is 0.231 e. The lowest BCUT2D eigenvalue weighted by Gasteiger charge is -2.09. The Balaban J connectivity index is 1.77. The molecule has 0 unspecified atom stereocenters. The largest absolute Gasteiger partial charge is 0.454 e. The predicted octanol–water partition coefficient (Wildman–Crippen LogP) is 3.67. The number of rotatable bonds is 4. The number of nitrogens with zero attached hydrogens (tertiary/aromatic N) is 1. The van der Waals surface area contributed by atoms with Crippen molar-refractivity contribution in [2.75, 3.05) is 27.4 Å². The van der Waals surface area contributed by atoms with Crippen LogP contribution in [0.1, 0.15) is 5.56 Å². The third-order valence-electron chi connectivity index (χ3n) is 4.30. The lowest BCUT2D eigenvalue weighted by Crippen LogP contribution is -2.14. The average Bonchev–Trinajstić information content (AvgIpc) is 3.18. The molecule has 1 N–H and O–H groups in total. The summed E-state index contributed by atoms with van der Waals surface area (Å²) in [5, 5.41) is 1.28. The highest BCUT2D eigenvalue weighted by molar-refractivity contribution is 5.89. The highest BCUT2D eigenvalue weighted by Gasteiger charge is 2.18. The Bertz CT molecular complexity index is 852. The summed E-state index contributed by atoms with van der Waals surface area (Å²) in [5.74, 6) is 1.67. The van der Waals surface area contributed by atoms with E-state index in [0.717, 1.165) is 35.6 Å². The molecule has 0 atom stereocenters. The van der Waals surface area contributed by atoms with Gasteiger partial charge in [-0.3, -0.25) is 0 Å². The molecule has 2 heterocycles. The van der Waals surface area contributed by atoms with E-state index >= 15 is 0 Å². The molecule has 0 spiro atoms. The predicted molar refractivity (Wildman–Crippen MR) is 92.1 cm³/mol. The summed E-state index contributed by atoms with van der Waals surface area (Å²) < 4.78 is 11.1. The molecule has 0 saturated heterocycles. The average molecular weight is 308 g/mol. The number of hydrogen-bond donors (Lipinski definition) is 1. The van der Waals surface area contributed by atoms with Gasteiger partial charge in [0.05, 0.1) is 0 Å². The normalized spacial score (nSPS) is 13.2. The van der Waals surface area contributed by atoms with Gasteiger partial charge in [0.1, 0.15) is 0 Å². The van der Waals surface area contributed by atoms with Gasteiger partial charge in [-0.25, -0.2) is 0 Å². The molecule has 1 aliphatic heterocycles. The van der Waals surface area contributed by atoms with Crippen molar-refractivity contribution in [3.63, 3.8) is 0 Å². The number of aromatic nitrogens is 1. The van der Waals surface area contributed by atoms with E-state index in [1.54, 1.807) is 0 Å². The second-order valence-electron chi connectivity index (χ2n) is 6.17. The Kier molecular flexibility index (Phi) is 3.46. The Labute approximate surface area is 135 Å². The maximum absolute atomic E-state index is 5.65. The number of ether oxygens (including phenoxy) is 2. The van der Waals surface area contributed by atoms with Gasteiger partial charge in [-0.2, -0.15) is 0 Å². The molecule has 2 aromatic carbocycles. The van der Waals surface area contributed by atoms with Gasteiger partial charge in [-0.05, 0) is 49.8 Å². The van der Waals surface area contributed by atoms with E-state index in [1.807, 2.05) is 12.1 Å². The van der Waals surface area contributed by atoms with E-state index in [9.17, 15) is 0 Å². The zero-order valence-electron chi connectivity index (χ0n) is 13.4. The van der Waals surface area contributed by atoms with Crippen molar-refractivity contribution in [3.8, 4) is 22.6 Å². The van der Waals surface area contributed by atoms with Crippen molar-refractivity contribution in [1.29, 1.82) is 0 Å². The first kappa shape index (κ1) is 14.2. The molecule has 4 heteroatoms. The summed E-state index contributed by atoms with van der Waals surface area (Å²) in [4.78, 5) is 5.57. The molecule has 4 rings (SSSR count). The third kappa shape index (κ3) is 2.55. The molecule has 0 bridgehead atoms. The van der Waals surface area contributed by atoms with Crippen LogP contribution in [0.2, 0.25) is 0 Å². The first-order valence-corrected chi connectivity index (χ1v) is 7.86. The van der Waals surface area contributed by atoms with Crippen molar-refractivity contribution in [2.45, 2.75) is 6.42 Å². The first-order valence-electron chi connectivity index (χ1n) is 7.86. The molecule has 0 amide bonds. The lowest BCUT2D eigenvalue weighted by atomic mass is 10.0. The molecule has 118 valence electrons. The second-order valence-corrected chi connectivity index (χ2v) is 6.17. The number of aromatic amines is 1. The number of hydrogen-bond acceptors (Lipinski definition) is 3. The Morgan fingerprint density at radius 2 is 2.04 bits per heavy atom. The highest BCUT2D eigenvalue weighted by atomic mass is 16.7. The van der Waals surface area contributed by atoms with Crippen molar-refractivity contribution in [3.05, 3.63) is 48.2 Å². The standard InChI is InChI=1S/C19H20N2O2/c1-21(2)9-8-14-11-20-17-7-6-13(10-16(14)17)15-4-3-5-18-19(15)23-12-22-18/h3-7,10-11,20H,8-9,12H2,1-2H3. The summed E-state index contributed by atoms with van der Waals surface area (Å²) in [6, 6.07) is 12.6. The summed E-state index contributed by atoms with van der Waals surface area (Å²) in [6.07, 6.45) is 3.15. The van der Waals surface area contributed by atoms with Gasteiger partial charge >= 0.3 is 0 Å². The second kappa shape index (κ2) is 5.63. The summed E-state index contributed by atoms with van der Waals surface area (Å²) in [7, 11) is 4.20. The van der Waals surface area contributed by atoms with Crippen LogP contribution >= 0.6 is 0 Å². The fourth-order valence-electron chi connectivity index (χ4n) is 3.05. The fourth-order valence-corrected chi connectivity index (χ4v) is 3.05. The van der Waals surface area contributed by atoms with Gasteiger partial charge < -0.3 is 19.4 Å². The topological polar surface area (TPSA) is 37.5 Å². The monoisotopic (exact) mass is 308 g/mol. The molecule has 1 aliphatic rings. The Morgan fingerprint density at radius 1 is 1.13 bits per heavy atom. The van der Waals surface area contributed by atoms with E-state index in [2.05, 4.69) is 54.4 Å². The quantitative estimate of drug-likeness (QED) is 0.799. The van der Waals surface area contributed by atoms with Crippen molar-refractivity contribution in [1.82, 2.24) is 9.88 Å². The van der Waals surface area contributed by atoms with Crippen LogP contribution in [0.4, 0.5) is 0 Å². The number of nitrogens with one attached hydrogen (secondary N) is 1. The van der Waals surface area contributed by atoms with Gasteiger partial charge in [0.15, 0.2) is 11.5 Å². The summed E-state index contributed by atoms with van der Waals surface area (Å²) in [6.45, 7) is 1.34. The molecular formula is C19H20N2O2. The van der Waals surface area contributed by atoms with E-state index < -0.39 is 0 Å². The van der Waals surface area contributed by atoms with Gasteiger partial charge in [-0.1, -0.05) is 18.2 Å². The number of likely N-dealkylation sites (N-methyl/N-ethyl adjacent to an activating group) is 1. The minimum Gasteiger partial charge on any atom is -0.454 e. The first-order chi connectivity index (χ1) is 11.2. The molecule has 0 radical (unpaired) electrons. The van der Waals surface area contributed by atoms with E-state index in [4.69, 9.17) is 9.47 Å². The van der Waals surface area contributed by atoms with Crippen molar-refractivity contribution < 1.29 is 9.47 Å². The van der Waals surface area contributed by atoms with Gasteiger partial charge in [0.2, 0.25) is 6.79 Å². The van der Waals surface area contributed by atoms with Crippen molar-refractivity contribution in [2.24, 2.45) is 0 Å². The van der Waals surface area contributed by atoms with Crippen LogP contribution in [0.15, 0.2) is 42.6 Å². The van der Waals surface area contributed by atoms with Gasteiger partial charge in [0.25, 0.3) is 0 Å². The van der Waals surface area contributed by atoms with Crippen LogP contribution in [-0.4, -0.2) is 37.3 Å². The minimum atomic E-state index is 0.298. The molecule has 23 heavy (non-hydrogen) atoms. The molecule has 1 aromatic heterocycles. The number of benzene rings is 2. The van der Waals surface area contributed by atoms with Crippen LogP contribution in [0.5, 0.6) is 11.5 Å². The van der Waals surface area contributed by atoms with Gasteiger partial charge in [-0.15, -0.1) is 0 Å². The fraction of sp³-hybridized carbons (Fsp3) is 0.263. The molecule has 0 fully saturated rings. The van der Waals surface area contributed by atoms with Gasteiger partial charge in [0, 0.05) is 29.2 Å². The molecule has 4 nitrogen and oxygen atoms in total. The lowest BCUT2D eigenvalue weighted by molar-refractivity contribution is 0.174.